The zero-order chi connectivity index (χ0) is 9.61. The van der Waals surface area contributed by atoms with Crippen LogP contribution in [0.2, 0.25) is 24.7 Å². The molecule has 0 rings (SSSR count). The Morgan fingerprint density at radius 1 is 1.25 bits per heavy atom. The van der Waals surface area contributed by atoms with Gasteiger partial charge in [0.15, 0.2) is 0 Å². The maximum atomic E-state index is 10.7. The Hall–Kier alpha value is -0.113. The van der Waals surface area contributed by atoms with Crippen molar-refractivity contribution in [1.82, 2.24) is 0 Å². The lowest BCUT2D eigenvalue weighted by atomic mass is 10.3. The molecule has 0 atom stereocenters. The SMILES string of the molecule is CC[Si](C)(CC)CCCC(C)=O. The van der Waals surface area contributed by atoms with Crippen molar-refractivity contribution in [1.29, 1.82) is 0 Å². The second-order valence-electron chi connectivity index (χ2n) is 4.07. The summed E-state index contributed by atoms with van der Waals surface area (Å²) in [5, 5.41) is 0. The van der Waals surface area contributed by atoms with Crippen LogP contribution in [-0.2, 0) is 4.79 Å². The van der Waals surface area contributed by atoms with Crippen molar-refractivity contribution in [2.24, 2.45) is 0 Å². The monoisotopic (exact) mass is 186 g/mol. The molecule has 1 nitrogen and oxygen atoms in total. The van der Waals surface area contributed by atoms with Crippen molar-refractivity contribution in [2.45, 2.75) is 58.3 Å². The molecule has 0 aliphatic rings. The maximum absolute atomic E-state index is 10.7. The molecule has 2 heteroatoms. The fourth-order valence-electron chi connectivity index (χ4n) is 1.37. The molecule has 12 heavy (non-hydrogen) atoms. The molecule has 0 saturated carbocycles. The first-order chi connectivity index (χ1) is 5.54. The van der Waals surface area contributed by atoms with Gasteiger partial charge in [0, 0.05) is 14.5 Å². The van der Waals surface area contributed by atoms with Gasteiger partial charge in [-0.3, -0.25) is 0 Å². The highest BCUT2D eigenvalue weighted by Crippen LogP contribution is 2.22. The zero-order valence-corrected chi connectivity index (χ0v) is 9.94. The Morgan fingerprint density at radius 3 is 2.08 bits per heavy atom. The van der Waals surface area contributed by atoms with E-state index in [1.807, 2.05) is 0 Å². The average molecular weight is 186 g/mol. The first kappa shape index (κ1) is 11.9. The van der Waals surface area contributed by atoms with Crippen LogP contribution in [0.1, 0.15) is 33.6 Å². The van der Waals surface area contributed by atoms with Crippen molar-refractivity contribution in [3.8, 4) is 0 Å². The van der Waals surface area contributed by atoms with Crippen LogP contribution in [0.5, 0.6) is 0 Å². The summed E-state index contributed by atoms with van der Waals surface area (Å²) in [5.74, 6) is 0.346. The highest BCUT2D eigenvalue weighted by molar-refractivity contribution is 6.78. The molecule has 0 saturated heterocycles. The summed E-state index contributed by atoms with van der Waals surface area (Å²) in [4.78, 5) is 10.7. The Kier molecular flexibility index (Phi) is 5.47. The van der Waals surface area contributed by atoms with E-state index in [1.54, 1.807) is 6.92 Å². The van der Waals surface area contributed by atoms with Gasteiger partial charge in [0.05, 0.1) is 0 Å². The number of carbonyl (C=O) groups is 1. The first-order valence-corrected chi connectivity index (χ1v) is 8.15. The third kappa shape index (κ3) is 4.70. The zero-order valence-electron chi connectivity index (χ0n) is 8.94. The van der Waals surface area contributed by atoms with E-state index in [-0.39, 0.29) is 0 Å². The molecule has 0 heterocycles. The van der Waals surface area contributed by atoms with E-state index >= 15 is 0 Å². The topological polar surface area (TPSA) is 17.1 Å². The molecule has 0 bridgehead atoms. The van der Waals surface area contributed by atoms with Crippen LogP contribution < -0.4 is 0 Å². The molecule has 0 fully saturated rings. The first-order valence-electron chi connectivity index (χ1n) is 5.03. The summed E-state index contributed by atoms with van der Waals surface area (Å²) in [7, 11) is -0.916. The van der Waals surface area contributed by atoms with Gasteiger partial charge in [-0.2, -0.15) is 0 Å². The van der Waals surface area contributed by atoms with Crippen molar-refractivity contribution in [3.05, 3.63) is 0 Å². The predicted molar refractivity (Wildman–Crippen MR) is 57.3 cm³/mol. The van der Waals surface area contributed by atoms with E-state index in [0.29, 0.717) is 5.78 Å². The fraction of sp³-hybridized carbons (Fsp3) is 0.900. The lowest BCUT2D eigenvalue weighted by Crippen LogP contribution is -2.27. The van der Waals surface area contributed by atoms with E-state index in [9.17, 15) is 4.79 Å². The maximum Gasteiger partial charge on any atom is 0.129 e. The van der Waals surface area contributed by atoms with Crippen molar-refractivity contribution >= 4 is 13.9 Å². The summed E-state index contributed by atoms with van der Waals surface area (Å²) in [6.45, 7) is 8.73. The van der Waals surface area contributed by atoms with Gasteiger partial charge >= 0.3 is 0 Å². The minimum Gasteiger partial charge on any atom is -0.300 e. The van der Waals surface area contributed by atoms with Crippen LogP contribution in [0.15, 0.2) is 0 Å². The fourth-order valence-corrected chi connectivity index (χ4v) is 3.61. The van der Waals surface area contributed by atoms with Crippen LogP contribution in [0.4, 0.5) is 0 Å². The number of carbonyl (C=O) groups excluding carboxylic acids is 1. The number of ketones is 1. The average Bonchev–Trinajstić information content (AvgIpc) is 2.03. The Morgan fingerprint density at radius 2 is 1.75 bits per heavy atom. The number of Topliss-reactive ketones (excluding diaryl/α,β-unsaturated/α-hetero) is 1. The van der Waals surface area contributed by atoms with E-state index in [0.717, 1.165) is 12.8 Å². The summed E-state index contributed by atoms with van der Waals surface area (Å²) in [6.07, 6.45) is 1.92. The van der Waals surface area contributed by atoms with Crippen LogP contribution >= 0.6 is 0 Å². The lowest BCUT2D eigenvalue weighted by molar-refractivity contribution is -0.117. The highest BCUT2D eigenvalue weighted by Gasteiger charge is 2.21. The van der Waals surface area contributed by atoms with Gasteiger partial charge in [-0.25, -0.2) is 0 Å². The molecule has 72 valence electrons. The molecule has 0 aromatic heterocycles. The van der Waals surface area contributed by atoms with Gasteiger partial charge in [0.1, 0.15) is 5.78 Å². The Balaban J connectivity index is 3.65. The van der Waals surface area contributed by atoms with Crippen molar-refractivity contribution < 1.29 is 4.79 Å². The molecule has 0 aliphatic heterocycles. The van der Waals surface area contributed by atoms with Gasteiger partial charge in [-0.05, 0) is 13.3 Å². The van der Waals surface area contributed by atoms with E-state index in [2.05, 4.69) is 20.4 Å². The standard InChI is InChI=1S/C10H22OSi/c1-5-12(4,6-2)9-7-8-10(3)11/h5-9H2,1-4H3. The Labute approximate surface area is 77.6 Å². The second-order valence-corrected chi connectivity index (χ2v) is 9.61. The van der Waals surface area contributed by atoms with Crippen molar-refractivity contribution in [2.75, 3.05) is 0 Å². The molecule has 0 amide bonds. The number of rotatable bonds is 6. The van der Waals surface area contributed by atoms with E-state index < -0.39 is 8.07 Å². The summed E-state index contributed by atoms with van der Waals surface area (Å²) >= 11 is 0. The normalized spacial score (nSPS) is 11.7. The molecule has 0 unspecified atom stereocenters. The molecule has 0 radical (unpaired) electrons. The van der Waals surface area contributed by atoms with Crippen LogP contribution in [0, 0.1) is 0 Å². The molecule has 0 aromatic rings. The highest BCUT2D eigenvalue weighted by atomic mass is 28.3. The molecule has 0 N–H and O–H groups in total. The smallest absolute Gasteiger partial charge is 0.129 e. The third-order valence-electron chi connectivity index (χ3n) is 3.02. The summed E-state index contributed by atoms with van der Waals surface area (Å²) in [6, 6.07) is 4.06. The van der Waals surface area contributed by atoms with Crippen LogP contribution in [0.25, 0.3) is 0 Å². The van der Waals surface area contributed by atoms with Crippen LogP contribution in [-0.4, -0.2) is 13.9 Å². The van der Waals surface area contributed by atoms with Gasteiger partial charge in [0.2, 0.25) is 0 Å². The summed E-state index contributed by atoms with van der Waals surface area (Å²) < 4.78 is 0. The quantitative estimate of drug-likeness (QED) is 0.580. The van der Waals surface area contributed by atoms with Crippen molar-refractivity contribution in [3.63, 3.8) is 0 Å². The number of hydrogen-bond donors (Lipinski definition) is 0. The Bertz CT molecular complexity index is 139. The van der Waals surface area contributed by atoms with Gasteiger partial charge < -0.3 is 4.79 Å². The third-order valence-corrected chi connectivity index (χ3v) is 7.99. The van der Waals surface area contributed by atoms with E-state index in [1.165, 1.54) is 18.1 Å². The van der Waals surface area contributed by atoms with Gasteiger partial charge in [-0.1, -0.05) is 38.5 Å². The van der Waals surface area contributed by atoms with Gasteiger partial charge in [-0.15, -0.1) is 0 Å². The molecule has 0 aliphatic carbocycles. The summed E-state index contributed by atoms with van der Waals surface area (Å²) in [5.41, 5.74) is 0. The molecular weight excluding hydrogens is 164 g/mol. The lowest BCUT2D eigenvalue weighted by Gasteiger charge is -2.23. The minimum atomic E-state index is -0.916. The minimum absolute atomic E-state index is 0.346. The molecule has 0 aromatic carbocycles. The largest absolute Gasteiger partial charge is 0.300 e. The van der Waals surface area contributed by atoms with E-state index in [4.69, 9.17) is 0 Å². The molecule has 0 spiro atoms. The molecular formula is C10H22OSi. The number of hydrogen-bond acceptors (Lipinski definition) is 1. The second kappa shape index (κ2) is 5.52. The van der Waals surface area contributed by atoms with Gasteiger partial charge in [0.25, 0.3) is 0 Å². The van der Waals surface area contributed by atoms with Crippen LogP contribution in [0.3, 0.4) is 0 Å². The predicted octanol–water partition coefficient (Wildman–Crippen LogP) is 3.47.